The molecule has 4 heteroatoms. The van der Waals surface area contributed by atoms with Gasteiger partial charge in [-0.15, -0.1) is 0 Å². The van der Waals surface area contributed by atoms with E-state index in [1.807, 2.05) is 0 Å². The molecule has 110 valence electrons. The fourth-order valence-electron chi connectivity index (χ4n) is 2.71. The van der Waals surface area contributed by atoms with Gasteiger partial charge in [0.1, 0.15) is 5.75 Å². The summed E-state index contributed by atoms with van der Waals surface area (Å²) < 4.78 is 10.9. The first kappa shape index (κ1) is 14.9. The molecule has 0 aliphatic heterocycles. The Kier molecular flexibility index (Phi) is 5.41. The Bertz CT molecular complexity index is 419. The summed E-state index contributed by atoms with van der Waals surface area (Å²) >= 11 is 0. The monoisotopic (exact) mass is 278 g/mol. The quantitative estimate of drug-likeness (QED) is 0.868. The summed E-state index contributed by atoms with van der Waals surface area (Å²) in [6, 6.07) is 6.60. The maximum Gasteiger partial charge on any atom is 0.335 e. The Balaban J connectivity index is 1.74. The molecule has 0 spiro atoms. The number of carbonyl (C=O) groups is 1. The molecular weight excluding hydrogens is 256 g/mol. The number of carboxylic acids is 1. The van der Waals surface area contributed by atoms with Gasteiger partial charge in [0, 0.05) is 13.7 Å². The van der Waals surface area contributed by atoms with Gasteiger partial charge in [0.15, 0.2) is 0 Å². The largest absolute Gasteiger partial charge is 0.493 e. The summed E-state index contributed by atoms with van der Waals surface area (Å²) in [5, 5.41) is 8.83. The van der Waals surface area contributed by atoms with Gasteiger partial charge in [-0.3, -0.25) is 0 Å². The summed E-state index contributed by atoms with van der Waals surface area (Å²) in [6.07, 6.45) is 4.78. The van der Waals surface area contributed by atoms with E-state index < -0.39 is 5.97 Å². The maximum absolute atomic E-state index is 10.8. The Morgan fingerprint density at radius 3 is 2.15 bits per heavy atom. The zero-order valence-electron chi connectivity index (χ0n) is 11.9. The summed E-state index contributed by atoms with van der Waals surface area (Å²) in [5.74, 6) is 1.13. The molecule has 0 amide bonds. The highest BCUT2D eigenvalue weighted by molar-refractivity contribution is 5.87. The van der Waals surface area contributed by atoms with Crippen molar-refractivity contribution in [1.82, 2.24) is 0 Å². The molecule has 0 atom stereocenters. The number of hydrogen-bond acceptors (Lipinski definition) is 3. The number of methoxy groups -OCH3 is 1. The molecule has 2 rings (SSSR count). The molecule has 0 saturated heterocycles. The average Bonchev–Trinajstić information content (AvgIpc) is 2.47. The minimum atomic E-state index is -0.909. The molecule has 0 unspecified atom stereocenters. The van der Waals surface area contributed by atoms with Gasteiger partial charge in [0.25, 0.3) is 0 Å². The van der Waals surface area contributed by atoms with Crippen molar-refractivity contribution in [3.05, 3.63) is 29.8 Å². The minimum absolute atomic E-state index is 0.289. The van der Waals surface area contributed by atoms with Crippen molar-refractivity contribution in [2.75, 3.05) is 20.3 Å². The van der Waals surface area contributed by atoms with E-state index in [-0.39, 0.29) is 5.56 Å². The first-order valence-corrected chi connectivity index (χ1v) is 7.14. The van der Waals surface area contributed by atoms with Gasteiger partial charge < -0.3 is 14.6 Å². The standard InChI is InChI=1S/C16H22O4/c1-19-10-12-2-4-13(5-3-12)11-20-15-8-6-14(7-9-15)16(17)18/h6-9,12-13H,2-5,10-11H2,1H3,(H,17,18). The van der Waals surface area contributed by atoms with E-state index in [1.54, 1.807) is 31.4 Å². The maximum atomic E-state index is 10.8. The second-order valence-electron chi connectivity index (χ2n) is 5.48. The topological polar surface area (TPSA) is 55.8 Å². The van der Waals surface area contributed by atoms with Crippen LogP contribution in [0.1, 0.15) is 36.0 Å². The Morgan fingerprint density at radius 2 is 1.65 bits per heavy atom. The molecule has 1 fully saturated rings. The van der Waals surface area contributed by atoms with Crippen LogP contribution in [0, 0.1) is 11.8 Å². The number of rotatable bonds is 6. The van der Waals surface area contributed by atoms with Crippen LogP contribution in [-0.2, 0) is 4.74 Å². The molecule has 1 aliphatic carbocycles. The van der Waals surface area contributed by atoms with E-state index >= 15 is 0 Å². The third kappa shape index (κ3) is 4.23. The van der Waals surface area contributed by atoms with Gasteiger partial charge in [-0.25, -0.2) is 4.79 Å². The molecular formula is C16H22O4. The smallest absolute Gasteiger partial charge is 0.335 e. The molecule has 20 heavy (non-hydrogen) atoms. The van der Waals surface area contributed by atoms with Crippen LogP contribution in [0.5, 0.6) is 5.75 Å². The van der Waals surface area contributed by atoms with Crippen LogP contribution in [0.15, 0.2) is 24.3 Å². The zero-order valence-corrected chi connectivity index (χ0v) is 11.9. The second-order valence-corrected chi connectivity index (χ2v) is 5.48. The summed E-state index contributed by atoms with van der Waals surface area (Å²) in [4.78, 5) is 10.8. The van der Waals surface area contributed by atoms with E-state index in [0.717, 1.165) is 12.4 Å². The van der Waals surface area contributed by atoms with Gasteiger partial charge in [0.2, 0.25) is 0 Å². The van der Waals surface area contributed by atoms with Crippen molar-refractivity contribution in [3.8, 4) is 5.75 Å². The Hall–Kier alpha value is -1.55. The SMILES string of the molecule is COCC1CCC(COc2ccc(C(=O)O)cc2)CC1. The molecule has 0 aromatic heterocycles. The van der Waals surface area contributed by atoms with Crippen LogP contribution in [0.25, 0.3) is 0 Å². The van der Waals surface area contributed by atoms with E-state index in [4.69, 9.17) is 14.6 Å². The molecule has 0 radical (unpaired) electrons. The average molecular weight is 278 g/mol. The van der Waals surface area contributed by atoms with Crippen LogP contribution in [0.4, 0.5) is 0 Å². The molecule has 1 aliphatic rings. The predicted molar refractivity (Wildman–Crippen MR) is 76.2 cm³/mol. The lowest BCUT2D eigenvalue weighted by molar-refractivity contribution is 0.0697. The summed E-state index contributed by atoms with van der Waals surface area (Å²) in [6.45, 7) is 1.58. The molecule has 1 aromatic carbocycles. The van der Waals surface area contributed by atoms with Crippen molar-refractivity contribution in [2.45, 2.75) is 25.7 Å². The number of benzene rings is 1. The highest BCUT2D eigenvalue weighted by Gasteiger charge is 2.21. The first-order chi connectivity index (χ1) is 9.69. The first-order valence-electron chi connectivity index (χ1n) is 7.14. The van der Waals surface area contributed by atoms with E-state index in [0.29, 0.717) is 18.4 Å². The molecule has 1 saturated carbocycles. The van der Waals surface area contributed by atoms with Crippen LogP contribution < -0.4 is 4.74 Å². The molecule has 0 bridgehead atoms. The Labute approximate surface area is 119 Å². The van der Waals surface area contributed by atoms with E-state index in [1.165, 1.54) is 25.7 Å². The Morgan fingerprint density at radius 1 is 1.10 bits per heavy atom. The van der Waals surface area contributed by atoms with Crippen LogP contribution in [0.2, 0.25) is 0 Å². The van der Waals surface area contributed by atoms with Crippen LogP contribution >= 0.6 is 0 Å². The molecule has 0 heterocycles. The number of aromatic carboxylic acids is 1. The molecule has 1 aromatic rings. The van der Waals surface area contributed by atoms with Crippen molar-refractivity contribution in [2.24, 2.45) is 11.8 Å². The lowest BCUT2D eigenvalue weighted by Gasteiger charge is -2.27. The lowest BCUT2D eigenvalue weighted by atomic mass is 9.83. The van der Waals surface area contributed by atoms with Gasteiger partial charge in [0.05, 0.1) is 12.2 Å². The summed E-state index contributed by atoms with van der Waals surface area (Å²) in [5.41, 5.74) is 0.289. The predicted octanol–water partition coefficient (Wildman–Crippen LogP) is 3.22. The van der Waals surface area contributed by atoms with Crippen molar-refractivity contribution in [1.29, 1.82) is 0 Å². The number of ether oxygens (including phenoxy) is 2. The fourth-order valence-corrected chi connectivity index (χ4v) is 2.71. The van der Waals surface area contributed by atoms with Crippen molar-refractivity contribution < 1.29 is 19.4 Å². The number of hydrogen-bond donors (Lipinski definition) is 1. The molecule has 4 nitrogen and oxygen atoms in total. The van der Waals surface area contributed by atoms with Crippen LogP contribution in [0.3, 0.4) is 0 Å². The fraction of sp³-hybridized carbons (Fsp3) is 0.562. The van der Waals surface area contributed by atoms with E-state index in [2.05, 4.69) is 0 Å². The van der Waals surface area contributed by atoms with Gasteiger partial charge in [-0.2, -0.15) is 0 Å². The van der Waals surface area contributed by atoms with Gasteiger partial charge in [-0.05, 0) is 61.8 Å². The van der Waals surface area contributed by atoms with E-state index in [9.17, 15) is 4.79 Å². The van der Waals surface area contributed by atoms with Crippen LogP contribution in [-0.4, -0.2) is 31.4 Å². The normalized spacial score (nSPS) is 22.4. The number of carboxylic acid groups (broad SMARTS) is 1. The summed E-state index contributed by atoms with van der Waals surface area (Å²) in [7, 11) is 1.76. The minimum Gasteiger partial charge on any atom is -0.493 e. The lowest BCUT2D eigenvalue weighted by Crippen LogP contribution is -2.22. The second kappa shape index (κ2) is 7.29. The third-order valence-electron chi connectivity index (χ3n) is 3.96. The molecule has 1 N–H and O–H groups in total. The van der Waals surface area contributed by atoms with Gasteiger partial charge in [-0.1, -0.05) is 0 Å². The van der Waals surface area contributed by atoms with Gasteiger partial charge >= 0.3 is 5.97 Å². The van der Waals surface area contributed by atoms with Crippen molar-refractivity contribution >= 4 is 5.97 Å². The highest BCUT2D eigenvalue weighted by Crippen LogP contribution is 2.29. The highest BCUT2D eigenvalue weighted by atomic mass is 16.5. The zero-order chi connectivity index (χ0) is 14.4. The third-order valence-corrected chi connectivity index (χ3v) is 3.96. The van der Waals surface area contributed by atoms with Crippen molar-refractivity contribution in [3.63, 3.8) is 0 Å².